The summed E-state index contributed by atoms with van der Waals surface area (Å²) in [4.78, 5) is 17.4. The molecule has 0 saturated carbocycles. The van der Waals surface area contributed by atoms with Crippen molar-refractivity contribution in [1.29, 1.82) is 5.26 Å². The monoisotopic (exact) mass is 397 g/mol. The van der Waals surface area contributed by atoms with E-state index in [2.05, 4.69) is 26.9 Å². The molecule has 0 N–H and O–H groups in total. The minimum Gasteiger partial charge on any atom is -0.379 e. The molecule has 0 bridgehead atoms. The Hall–Kier alpha value is -1.20. The Kier molecular flexibility index (Phi) is 7.76. The third kappa shape index (κ3) is 6.43. The highest BCUT2D eigenvalue weighted by Gasteiger charge is 2.15. The molecule has 7 heteroatoms. The minimum absolute atomic E-state index is 0.0435. The first-order chi connectivity index (χ1) is 11.2. The predicted octanol–water partition coefficient (Wildman–Crippen LogP) is 2.60. The van der Waals surface area contributed by atoms with E-state index in [1.54, 1.807) is 22.3 Å². The van der Waals surface area contributed by atoms with Gasteiger partial charge in [0.05, 0.1) is 29.5 Å². The van der Waals surface area contributed by atoms with E-state index in [1.165, 1.54) is 0 Å². The van der Waals surface area contributed by atoms with Crippen LogP contribution < -0.4 is 0 Å². The van der Waals surface area contributed by atoms with Crippen LogP contribution in [0.4, 0.5) is 0 Å². The number of morpholine rings is 1. The molecule has 0 unspecified atom stereocenters. The Morgan fingerprint density at radius 1 is 1.43 bits per heavy atom. The van der Waals surface area contributed by atoms with Crippen molar-refractivity contribution in [2.45, 2.75) is 6.42 Å². The summed E-state index contributed by atoms with van der Waals surface area (Å²) < 4.78 is 6.37. The molecule has 1 aromatic heterocycles. The van der Waals surface area contributed by atoms with E-state index in [0.717, 1.165) is 41.5 Å². The first kappa shape index (κ1) is 18.1. The fraction of sp³-hybridized carbons (Fsp3) is 0.500. The highest BCUT2D eigenvalue weighted by molar-refractivity contribution is 9.11. The van der Waals surface area contributed by atoms with Crippen molar-refractivity contribution in [1.82, 2.24) is 9.80 Å². The molecular weight excluding hydrogens is 378 g/mol. The number of thiophene rings is 1. The molecular formula is C16H20BrN3O2S. The quantitative estimate of drug-likeness (QED) is 0.663. The van der Waals surface area contributed by atoms with Crippen molar-refractivity contribution >= 4 is 39.2 Å². The zero-order chi connectivity index (χ0) is 16.5. The van der Waals surface area contributed by atoms with Crippen LogP contribution in [0.5, 0.6) is 0 Å². The maximum Gasteiger partial charge on any atom is 0.246 e. The van der Waals surface area contributed by atoms with Gasteiger partial charge < -0.3 is 9.64 Å². The summed E-state index contributed by atoms with van der Waals surface area (Å²) in [5.74, 6) is -0.0435. The number of rotatable bonds is 7. The van der Waals surface area contributed by atoms with Crippen LogP contribution in [0.15, 0.2) is 22.0 Å². The molecule has 0 aliphatic carbocycles. The molecule has 5 nitrogen and oxygen atoms in total. The Bertz CT molecular complexity index is 576. The van der Waals surface area contributed by atoms with Crippen molar-refractivity contribution in [2.24, 2.45) is 0 Å². The van der Waals surface area contributed by atoms with Crippen LogP contribution in [0.3, 0.4) is 0 Å². The van der Waals surface area contributed by atoms with Crippen LogP contribution in [0.1, 0.15) is 11.3 Å². The molecule has 1 saturated heterocycles. The minimum atomic E-state index is -0.0435. The van der Waals surface area contributed by atoms with E-state index < -0.39 is 0 Å². The zero-order valence-electron chi connectivity index (χ0n) is 12.9. The molecule has 1 aliphatic heterocycles. The maximum absolute atomic E-state index is 12.4. The first-order valence-electron chi connectivity index (χ1n) is 7.58. The number of ether oxygens (including phenoxy) is 1. The average molecular weight is 398 g/mol. The van der Waals surface area contributed by atoms with Crippen LogP contribution in [0.2, 0.25) is 0 Å². The Morgan fingerprint density at radius 3 is 2.87 bits per heavy atom. The van der Waals surface area contributed by atoms with Crippen LogP contribution in [0, 0.1) is 11.3 Å². The summed E-state index contributed by atoms with van der Waals surface area (Å²) in [7, 11) is 0. The largest absolute Gasteiger partial charge is 0.379 e. The number of hydrogen-bond acceptors (Lipinski definition) is 5. The fourth-order valence-corrected chi connectivity index (χ4v) is 3.61. The van der Waals surface area contributed by atoms with E-state index in [-0.39, 0.29) is 5.91 Å². The number of hydrogen-bond donors (Lipinski definition) is 0. The number of carbonyl (C=O) groups is 1. The van der Waals surface area contributed by atoms with Gasteiger partial charge >= 0.3 is 0 Å². The van der Waals surface area contributed by atoms with Gasteiger partial charge in [-0.15, -0.1) is 11.3 Å². The van der Waals surface area contributed by atoms with Gasteiger partial charge in [-0.25, -0.2) is 0 Å². The van der Waals surface area contributed by atoms with Crippen LogP contribution in [-0.4, -0.2) is 61.6 Å². The fourth-order valence-electron chi connectivity index (χ4n) is 2.28. The predicted molar refractivity (Wildman–Crippen MR) is 95.1 cm³/mol. The maximum atomic E-state index is 12.4. The highest BCUT2D eigenvalue weighted by atomic mass is 79.9. The standard InChI is InChI=1S/C16H20BrN3O2S/c17-15-4-2-14(23-15)3-5-16(21)20(7-1-6-18)9-8-19-10-12-22-13-11-19/h2-5H,1,7-13H2/b5-3+. The molecule has 0 spiro atoms. The molecule has 2 rings (SSSR count). The van der Waals surface area contributed by atoms with Gasteiger partial charge in [0.25, 0.3) is 0 Å². The normalized spacial score (nSPS) is 15.7. The van der Waals surface area contributed by atoms with Crippen LogP contribution in [-0.2, 0) is 9.53 Å². The van der Waals surface area contributed by atoms with Crippen LogP contribution in [0.25, 0.3) is 6.08 Å². The van der Waals surface area contributed by atoms with Crippen molar-refractivity contribution in [3.8, 4) is 6.07 Å². The van der Waals surface area contributed by atoms with Gasteiger partial charge in [0, 0.05) is 43.7 Å². The summed E-state index contributed by atoms with van der Waals surface area (Å²) in [5, 5.41) is 8.79. The van der Waals surface area contributed by atoms with Gasteiger partial charge in [0.15, 0.2) is 0 Å². The molecule has 1 aromatic rings. The van der Waals surface area contributed by atoms with Crippen molar-refractivity contribution < 1.29 is 9.53 Å². The molecule has 0 radical (unpaired) electrons. The van der Waals surface area contributed by atoms with Gasteiger partial charge in [0.2, 0.25) is 5.91 Å². The second-order valence-electron chi connectivity index (χ2n) is 5.16. The summed E-state index contributed by atoms with van der Waals surface area (Å²) in [5.41, 5.74) is 0. The van der Waals surface area contributed by atoms with Gasteiger partial charge in [-0.2, -0.15) is 5.26 Å². The molecule has 1 amide bonds. The second-order valence-corrected chi connectivity index (χ2v) is 7.66. The van der Waals surface area contributed by atoms with Crippen molar-refractivity contribution in [3.63, 3.8) is 0 Å². The van der Waals surface area contributed by atoms with E-state index in [9.17, 15) is 4.79 Å². The molecule has 1 fully saturated rings. The summed E-state index contributed by atoms with van der Waals surface area (Å²) in [6, 6.07) is 6.04. The Morgan fingerprint density at radius 2 is 2.22 bits per heavy atom. The average Bonchev–Trinajstić information content (AvgIpc) is 2.99. The topological polar surface area (TPSA) is 56.6 Å². The molecule has 0 atom stereocenters. The van der Waals surface area contributed by atoms with Crippen molar-refractivity contribution in [2.75, 3.05) is 45.9 Å². The lowest BCUT2D eigenvalue weighted by molar-refractivity contribution is -0.126. The smallest absolute Gasteiger partial charge is 0.246 e. The summed E-state index contributed by atoms with van der Waals surface area (Å²) in [6.07, 6.45) is 3.77. The molecule has 1 aliphatic rings. The highest BCUT2D eigenvalue weighted by Crippen LogP contribution is 2.23. The summed E-state index contributed by atoms with van der Waals surface area (Å²) in [6.45, 7) is 5.23. The van der Waals surface area contributed by atoms with E-state index in [0.29, 0.717) is 19.5 Å². The summed E-state index contributed by atoms with van der Waals surface area (Å²) >= 11 is 4.99. The van der Waals surface area contributed by atoms with Crippen molar-refractivity contribution in [3.05, 3.63) is 26.9 Å². The van der Waals surface area contributed by atoms with Gasteiger partial charge in [-0.05, 0) is 34.1 Å². The first-order valence-corrected chi connectivity index (χ1v) is 9.19. The van der Waals surface area contributed by atoms with Gasteiger partial charge in [-0.1, -0.05) is 0 Å². The SMILES string of the molecule is N#CCCN(CCN1CCOCC1)C(=O)/C=C/c1ccc(Br)s1. The van der Waals surface area contributed by atoms with Crippen LogP contribution >= 0.6 is 27.3 Å². The number of carbonyl (C=O) groups excluding carboxylic acids is 1. The molecule has 124 valence electrons. The third-order valence-electron chi connectivity index (χ3n) is 3.58. The number of nitriles is 1. The third-order valence-corrected chi connectivity index (χ3v) is 5.17. The molecule has 2 heterocycles. The lowest BCUT2D eigenvalue weighted by atomic mass is 10.3. The zero-order valence-corrected chi connectivity index (χ0v) is 15.3. The van der Waals surface area contributed by atoms with Gasteiger partial charge in [-0.3, -0.25) is 9.69 Å². The van der Waals surface area contributed by atoms with Gasteiger partial charge in [0.1, 0.15) is 0 Å². The van der Waals surface area contributed by atoms with E-state index in [4.69, 9.17) is 10.00 Å². The second kappa shape index (κ2) is 9.83. The van der Waals surface area contributed by atoms with E-state index >= 15 is 0 Å². The lowest BCUT2D eigenvalue weighted by Gasteiger charge is -2.29. The number of amides is 1. The number of nitrogens with zero attached hydrogens (tertiary/aromatic N) is 3. The Balaban J connectivity index is 1.88. The lowest BCUT2D eigenvalue weighted by Crippen LogP contribution is -2.43. The number of halogens is 1. The molecule has 0 aromatic carbocycles. The molecule has 23 heavy (non-hydrogen) atoms. The Labute approximate surface area is 149 Å². The van der Waals surface area contributed by atoms with E-state index in [1.807, 2.05) is 18.2 Å².